The highest BCUT2D eigenvalue weighted by Crippen LogP contribution is 2.37. The Hall–Kier alpha value is -2.71. The number of aromatic nitrogens is 2. The number of nitrogens with zero attached hydrogens (tertiary/aromatic N) is 3. The lowest BCUT2D eigenvalue weighted by molar-refractivity contribution is -0.158. The molecule has 0 aromatic carbocycles. The van der Waals surface area contributed by atoms with E-state index in [0.29, 0.717) is 11.2 Å². The van der Waals surface area contributed by atoms with Crippen LogP contribution < -0.4 is 0 Å². The second-order valence-corrected chi connectivity index (χ2v) is 9.48. The average molecular weight is 432 g/mol. The second kappa shape index (κ2) is 6.67. The minimum Gasteiger partial charge on any atom is -0.477 e. The van der Waals surface area contributed by atoms with Gasteiger partial charge in [-0.05, 0) is 56.7 Å². The quantitative estimate of drug-likeness (QED) is 0.384. The summed E-state index contributed by atoms with van der Waals surface area (Å²) in [5.74, 6) is -1.63. The number of aromatic carboxylic acids is 1. The number of aliphatic imine (C=N–C) groups is 1. The molecule has 4 heterocycles. The summed E-state index contributed by atoms with van der Waals surface area (Å²) in [4.78, 5) is 28.4. The topological polar surface area (TPSA) is 93.3 Å². The number of halogens is 1. The number of rotatable bonds is 3. The maximum atomic E-state index is 12.5. The Balaban J connectivity index is 1.67. The summed E-state index contributed by atoms with van der Waals surface area (Å²) in [6.45, 7) is 5.33. The minimum atomic E-state index is -1.49. The number of carboxylic acid groups (broad SMARTS) is 1. The number of fused-ring (bicyclic) bond motifs is 2. The van der Waals surface area contributed by atoms with E-state index in [1.807, 2.05) is 18.2 Å². The molecular weight excluding hydrogens is 414 g/mol. The molecule has 3 aromatic rings. The van der Waals surface area contributed by atoms with Crippen LogP contribution >= 0.6 is 22.9 Å². The molecule has 4 rings (SSSR count). The average Bonchev–Trinajstić information content (AvgIpc) is 3.22. The fraction of sp³-hybridized carbons (Fsp3) is 0.300. The molecule has 0 fully saturated rings. The molecule has 7 nitrogen and oxygen atoms in total. The third-order valence-corrected chi connectivity index (χ3v) is 5.86. The fourth-order valence-corrected chi connectivity index (χ4v) is 4.29. The number of esters is 1. The summed E-state index contributed by atoms with van der Waals surface area (Å²) in [6, 6.07) is 8.77. The molecule has 1 atom stereocenters. The fourth-order valence-electron chi connectivity index (χ4n) is 3.04. The van der Waals surface area contributed by atoms with Crippen LogP contribution in [-0.2, 0) is 16.0 Å². The summed E-state index contributed by atoms with van der Waals surface area (Å²) < 4.78 is 6.81. The van der Waals surface area contributed by atoms with Gasteiger partial charge in [0, 0.05) is 17.5 Å². The molecule has 1 aliphatic heterocycles. The number of hydrogen-bond acceptors (Lipinski definition) is 6. The second-order valence-electron chi connectivity index (χ2n) is 7.78. The molecule has 0 spiro atoms. The van der Waals surface area contributed by atoms with Gasteiger partial charge in [0.2, 0.25) is 5.00 Å². The predicted octanol–water partition coefficient (Wildman–Crippen LogP) is 4.01. The van der Waals surface area contributed by atoms with Crippen molar-refractivity contribution in [2.45, 2.75) is 37.8 Å². The van der Waals surface area contributed by atoms with Gasteiger partial charge in [0.05, 0.1) is 10.4 Å². The van der Waals surface area contributed by atoms with E-state index in [-0.39, 0.29) is 12.1 Å². The zero-order chi connectivity index (χ0) is 21.0. The summed E-state index contributed by atoms with van der Waals surface area (Å²) in [6.07, 6.45) is 1.79. The Bertz CT molecular complexity index is 1170. The van der Waals surface area contributed by atoms with Crippen LogP contribution in [0.1, 0.15) is 41.7 Å². The number of carbonyl (C=O) groups is 2. The lowest BCUT2D eigenvalue weighted by Crippen LogP contribution is -2.40. The third-order valence-electron chi connectivity index (χ3n) is 4.34. The van der Waals surface area contributed by atoms with Crippen molar-refractivity contribution in [1.29, 1.82) is 0 Å². The zero-order valence-corrected chi connectivity index (χ0v) is 17.5. The highest BCUT2D eigenvalue weighted by Gasteiger charge is 2.42. The number of carboxylic acids is 1. The van der Waals surface area contributed by atoms with E-state index in [1.165, 1.54) is 21.9 Å². The van der Waals surface area contributed by atoms with Gasteiger partial charge in [-0.2, -0.15) is 5.10 Å². The molecule has 0 radical (unpaired) electrons. The first-order chi connectivity index (χ1) is 13.6. The van der Waals surface area contributed by atoms with Gasteiger partial charge in [-0.25, -0.2) is 14.1 Å². The van der Waals surface area contributed by atoms with Crippen molar-refractivity contribution in [3.8, 4) is 10.6 Å². The van der Waals surface area contributed by atoms with Gasteiger partial charge in [0.15, 0.2) is 5.69 Å². The maximum Gasteiger partial charge on any atom is 0.354 e. The van der Waals surface area contributed by atoms with E-state index in [2.05, 4.69) is 10.1 Å². The van der Waals surface area contributed by atoms with Gasteiger partial charge in [0.25, 0.3) is 0 Å². The van der Waals surface area contributed by atoms with Crippen LogP contribution in [-0.4, -0.2) is 43.5 Å². The molecule has 1 aliphatic rings. The van der Waals surface area contributed by atoms with Crippen LogP contribution in [0, 0.1) is 0 Å². The summed E-state index contributed by atoms with van der Waals surface area (Å²) >= 11 is 7.94. The van der Waals surface area contributed by atoms with Gasteiger partial charge >= 0.3 is 11.9 Å². The maximum absolute atomic E-state index is 12.5. The van der Waals surface area contributed by atoms with Crippen LogP contribution in [0.2, 0.25) is 0 Å². The van der Waals surface area contributed by atoms with Crippen molar-refractivity contribution in [3.63, 3.8) is 0 Å². The Kier molecular flexibility index (Phi) is 4.51. The van der Waals surface area contributed by atoms with E-state index in [4.69, 9.17) is 16.3 Å². The first-order valence-electron chi connectivity index (χ1n) is 8.88. The molecule has 0 saturated heterocycles. The molecule has 1 unspecified atom stereocenters. The molecule has 0 aliphatic carbocycles. The van der Waals surface area contributed by atoms with Crippen molar-refractivity contribution in [2.75, 3.05) is 0 Å². The monoisotopic (exact) mass is 431 g/mol. The molecule has 150 valence electrons. The Morgan fingerprint density at radius 3 is 2.69 bits per heavy atom. The summed E-state index contributed by atoms with van der Waals surface area (Å²) in [7, 11) is 0. The van der Waals surface area contributed by atoms with Gasteiger partial charge in [-0.15, -0.1) is 11.3 Å². The minimum absolute atomic E-state index is 0.0921. The predicted molar refractivity (Wildman–Crippen MR) is 111 cm³/mol. The van der Waals surface area contributed by atoms with E-state index in [1.54, 1.807) is 33.1 Å². The van der Waals surface area contributed by atoms with Gasteiger partial charge < -0.3 is 9.84 Å². The Labute approximate surface area is 175 Å². The van der Waals surface area contributed by atoms with Crippen LogP contribution in [0.3, 0.4) is 0 Å². The van der Waals surface area contributed by atoms with E-state index < -0.39 is 22.5 Å². The molecule has 9 heteroatoms. The number of thiophene rings is 1. The molecule has 0 bridgehead atoms. The Morgan fingerprint density at radius 1 is 1.28 bits per heavy atom. The highest BCUT2D eigenvalue weighted by molar-refractivity contribution is 7.17. The highest BCUT2D eigenvalue weighted by atomic mass is 35.5. The first-order valence-corrected chi connectivity index (χ1v) is 10.1. The molecule has 0 saturated carbocycles. The SMILES string of the molecule is CC(C)(C)OC(=O)C1(Cl)Cc2cc(-c3ccc4ccc(C(=O)O)n4n3)sc2C=N1. The lowest BCUT2D eigenvalue weighted by Gasteiger charge is -2.28. The first kappa shape index (κ1) is 19.6. The van der Waals surface area contributed by atoms with Crippen molar-refractivity contribution < 1.29 is 19.4 Å². The lowest BCUT2D eigenvalue weighted by atomic mass is 10.0. The van der Waals surface area contributed by atoms with Crippen molar-refractivity contribution in [3.05, 3.63) is 46.5 Å². The third kappa shape index (κ3) is 3.65. The number of ether oxygens (including phenoxy) is 1. The zero-order valence-electron chi connectivity index (χ0n) is 16.0. The van der Waals surface area contributed by atoms with Crippen molar-refractivity contribution in [2.24, 2.45) is 4.99 Å². The van der Waals surface area contributed by atoms with E-state index >= 15 is 0 Å². The molecule has 3 aromatic heterocycles. The van der Waals surface area contributed by atoms with E-state index in [0.717, 1.165) is 15.3 Å². The Morgan fingerprint density at radius 2 is 2.00 bits per heavy atom. The van der Waals surface area contributed by atoms with Crippen LogP contribution in [0.4, 0.5) is 0 Å². The summed E-state index contributed by atoms with van der Waals surface area (Å²) in [5.41, 5.74) is 1.62. The van der Waals surface area contributed by atoms with Crippen LogP contribution in [0.25, 0.3) is 16.1 Å². The standard InChI is InChI=1S/C20H18ClN3O4S/c1-19(2,3)28-18(27)20(21)9-11-8-15(29-16(11)10-22-20)13-6-4-12-5-7-14(17(25)26)24(12)23-13/h4-8,10H,9H2,1-3H3,(H,25,26). The van der Waals surface area contributed by atoms with Crippen molar-refractivity contribution in [1.82, 2.24) is 9.61 Å². The van der Waals surface area contributed by atoms with Gasteiger partial charge in [-0.3, -0.25) is 4.99 Å². The number of carbonyl (C=O) groups excluding carboxylic acids is 1. The van der Waals surface area contributed by atoms with Gasteiger partial charge in [-0.1, -0.05) is 11.6 Å². The number of alkyl halides is 1. The normalized spacial score (nSPS) is 18.6. The molecular formula is C20H18ClN3O4S. The van der Waals surface area contributed by atoms with Crippen LogP contribution in [0.5, 0.6) is 0 Å². The molecule has 29 heavy (non-hydrogen) atoms. The van der Waals surface area contributed by atoms with Crippen molar-refractivity contribution >= 4 is 46.6 Å². The molecule has 1 N–H and O–H groups in total. The number of hydrogen-bond donors (Lipinski definition) is 1. The molecule has 0 amide bonds. The van der Waals surface area contributed by atoms with Crippen LogP contribution in [0.15, 0.2) is 35.3 Å². The summed E-state index contributed by atoms with van der Waals surface area (Å²) in [5, 5.41) is 13.8. The van der Waals surface area contributed by atoms with Gasteiger partial charge in [0.1, 0.15) is 11.3 Å². The smallest absolute Gasteiger partial charge is 0.354 e. The largest absolute Gasteiger partial charge is 0.477 e. The van der Waals surface area contributed by atoms with E-state index in [9.17, 15) is 14.7 Å².